The number of nitro groups is 1. The van der Waals surface area contributed by atoms with Crippen molar-refractivity contribution >= 4 is 11.9 Å². The first-order chi connectivity index (χ1) is 9.21. The molecule has 9 heteroatoms. The standard InChI is InChI=1S/C11H18F2N2O5/c1-4-14(5-2)10(17)11(12,13)7-8(15(18)19)9(16)20-6-3/h8H,4-7H2,1-3H3. The molecule has 0 aromatic heterocycles. The van der Waals surface area contributed by atoms with Crippen LogP contribution in [0, 0.1) is 10.1 Å². The van der Waals surface area contributed by atoms with E-state index in [-0.39, 0.29) is 19.7 Å². The zero-order valence-electron chi connectivity index (χ0n) is 11.6. The van der Waals surface area contributed by atoms with E-state index >= 15 is 0 Å². The lowest BCUT2D eigenvalue weighted by molar-refractivity contribution is -0.514. The molecule has 0 saturated heterocycles. The molecule has 0 spiro atoms. The predicted octanol–water partition coefficient (Wildman–Crippen LogP) is 1.09. The summed E-state index contributed by atoms with van der Waals surface area (Å²) >= 11 is 0. The predicted molar refractivity (Wildman–Crippen MR) is 64.9 cm³/mol. The number of carbonyl (C=O) groups excluding carboxylic acids is 2. The van der Waals surface area contributed by atoms with Crippen LogP contribution in [0.5, 0.6) is 0 Å². The third-order valence-electron chi connectivity index (χ3n) is 2.63. The summed E-state index contributed by atoms with van der Waals surface area (Å²) in [6, 6.07) is -2.26. The van der Waals surface area contributed by atoms with Crippen LogP contribution in [0.2, 0.25) is 0 Å². The van der Waals surface area contributed by atoms with Crippen LogP contribution in [-0.4, -0.2) is 53.4 Å². The molecule has 0 fully saturated rings. The molecule has 0 rings (SSSR count). The Kier molecular flexibility index (Phi) is 7.01. The molecule has 1 atom stereocenters. The highest BCUT2D eigenvalue weighted by atomic mass is 19.3. The molecule has 0 aromatic carbocycles. The molecule has 116 valence electrons. The molecule has 0 heterocycles. The van der Waals surface area contributed by atoms with Crippen molar-refractivity contribution < 1.29 is 28.0 Å². The van der Waals surface area contributed by atoms with Gasteiger partial charge in [0.25, 0.3) is 5.91 Å². The van der Waals surface area contributed by atoms with Crippen LogP contribution < -0.4 is 0 Å². The zero-order valence-corrected chi connectivity index (χ0v) is 11.6. The highest BCUT2D eigenvalue weighted by Crippen LogP contribution is 2.25. The topological polar surface area (TPSA) is 89.8 Å². The van der Waals surface area contributed by atoms with E-state index in [9.17, 15) is 28.5 Å². The number of amides is 1. The monoisotopic (exact) mass is 296 g/mol. The maximum absolute atomic E-state index is 13.7. The summed E-state index contributed by atoms with van der Waals surface area (Å²) in [4.78, 5) is 33.2. The summed E-state index contributed by atoms with van der Waals surface area (Å²) < 4.78 is 31.9. The van der Waals surface area contributed by atoms with Crippen molar-refractivity contribution in [2.75, 3.05) is 19.7 Å². The van der Waals surface area contributed by atoms with Crippen molar-refractivity contribution in [2.45, 2.75) is 39.2 Å². The van der Waals surface area contributed by atoms with Crippen LogP contribution >= 0.6 is 0 Å². The number of esters is 1. The van der Waals surface area contributed by atoms with Crippen LogP contribution in [0.1, 0.15) is 27.2 Å². The van der Waals surface area contributed by atoms with Gasteiger partial charge in [0.1, 0.15) is 0 Å². The van der Waals surface area contributed by atoms with Gasteiger partial charge in [-0.3, -0.25) is 14.9 Å². The molecular weight excluding hydrogens is 278 g/mol. The number of nitrogens with zero attached hydrogens (tertiary/aromatic N) is 2. The number of rotatable bonds is 8. The molecule has 0 saturated carbocycles. The number of halogens is 2. The van der Waals surface area contributed by atoms with E-state index < -0.39 is 35.2 Å². The fourth-order valence-corrected chi connectivity index (χ4v) is 1.55. The maximum atomic E-state index is 13.7. The molecule has 1 amide bonds. The molecule has 0 aliphatic carbocycles. The van der Waals surface area contributed by atoms with E-state index in [1.807, 2.05) is 0 Å². The minimum Gasteiger partial charge on any atom is -0.461 e. The molecular formula is C11H18F2N2O5. The van der Waals surface area contributed by atoms with Crippen molar-refractivity contribution in [3.63, 3.8) is 0 Å². The third-order valence-corrected chi connectivity index (χ3v) is 2.63. The van der Waals surface area contributed by atoms with Gasteiger partial charge in [0, 0.05) is 18.0 Å². The minimum absolute atomic E-state index is 0.0491. The Morgan fingerprint density at radius 1 is 1.30 bits per heavy atom. The van der Waals surface area contributed by atoms with Crippen molar-refractivity contribution in [1.82, 2.24) is 4.90 Å². The summed E-state index contributed by atoms with van der Waals surface area (Å²) in [7, 11) is 0. The second kappa shape index (κ2) is 7.71. The quantitative estimate of drug-likeness (QED) is 0.380. The summed E-state index contributed by atoms with van der Waals surface area (Å²) in [5.41, 5.74) is 0. The average molecular weight is 296 g/mol. The van der Waals surface area contributed by atoms with Crippen LogP contribution in [0.15, 0.2) is 0 Å². The molecule has 1 unspecified atom stereocenters. The van der Waals surface area contributed by atoms with Gasteiger partial charge >= 0.3 is 17.9 Å². The summed E-state index contributed by atoms with van der Waals surface area (Å²) in [5.74, 6) is -6.89. The zero-order chi connectivity index (χ0) is 15.9. The van der Waals surface area contributed by atoms with Gasteiger partial charge in [0.05, 0.1) is 13.0 Å². The Bertz CT molecular complexity index is 372. The Balaban J connectivity index is 5.05. The molecule has 0 radical (unpaired) electrons. The highest BCUT2D eigenvalue weighted by molar-refractivity contribution is 5.84. The maximum Gasteiger partial charge on any atom is 0.381 e. The third kappa shape index (κ3) is 4.71. The first kappa shape index (κ1) is 18.2. The minimum atomic E-state index is -3.99. The molecule has 0 N–H and O–H groups in total. The second-order valence-electron chi connectivity index (χ2n) is 3.94. The van der Waals surface area contributed by atoms with Crippen LogP contribution in [0.3, 0.4) is 0 Å². The van der Waals surface area contributed by atoms with E-state index in [0.717, 1.165) is 4.90 Å². The van der Waals surface area contributed by atoms with Crippen LogP contribution in [0.25, 0.3) is 0 Å². The Morgan fingerprint density at radius 3 is 2.15 bits per heavy atom. The van der Waals surface area contributed by atoms with Crippen LogP contribution in [0.4, 0.5) is 8.78 Å². The van der Waals surface area contributed by atoms with Crippen molar-refractivity contribution in [3.05, 3.63) is 10.1 Å². The highest BCUT2D eigenvalue weighted by Gasteiger charge is 2.49. The average Bonchev–Trinajstić information content (AvgIpc) is 2.37. The van der Waals surface area contributed by atoms with Crippen molar-refractivity contribution in [2.24, 2.45) is 0 Å². The fourth-order valence-electron chi connectivity index (χ4n) is 1.55. The normalized spacial score (nSPS) is 12.7. The summed E-state index contributed by atoms with van der Waals surface area (Å²) in [5, 5.41) is 10.7. The molecule has 0 bridgehead atoms. The smallest absolute Gasteiger partial charge is 0.381 e. The second-order valence-corrected chi connectivity index (χ2v) is 3.94. The van der Waals surface area contributed by atoms with Crippen molar-refractivity contribution in [3.8, 4) is 0 Å². The number of carbonyl (C=O) groups is 2. The van der Waals surface area contributed by atoms with E-state index in [1.54, 1.807) is 0 Å². The first-order valence-corrected chi connectivity index (χ1v) is 6.18. The van der Waals surface area contributed by atoms with E-state index in [1.165, 1.54) is 20.8 Å². The van der Waals surface area contributed by atoms with Gasteiger partial charge < -0.3 is 9.64 Å². The Labute approximate surface area is 115 Å². The van der Waals surface area contributed by atoms with Gasteiger partial charge in [0.2, 0.25) is 0 Å². The van der Waals surface area contributed by atoms with Gasteiger partial charge in [-0.15, -0.1) is 0 Å². The summed E-state index contributed by atoms with van der Waals surface area (Å²) in [6.45, 7) is 4.34. The number of ether oxygens (including phenoxy) is 1. The summed E-state index contributed by atoms with van der Waals surface area (Å²) in [6.07, 6.45) is -1.51. The largest absolute Gasteiger partial charge is 0.461 e. The lowest BCUT2D eigenvalue weighted by Gasteiger charge is -2.24. The van der Waals surface area contributed by atoms with Crippen LogP contribution in [-0.2, 0) is 14.3 Å². The molecule has 0 aliphatic heterocycles. The van der Waals surface area contributed by atoms with Gasteiger partial charge in [-0.1, -0.05) is 0 Å². The van der Waals surface area contributed by atoms with E-state index in [0.29, 0.717) is 0 Å². The number of hydrogen-bond acceptors (Lipinski definition) is 5. The lowest BCUT2D eigenvalue weighted by atomic mass is 10.1. The molecule has 0 aliphatic rings. The fraction of sp³-hybridized carbons (Fsp3) is 0.818. The lowest BCUT2D eigenvalue weighted by Crippen LogP contribution is -2.47. The Morgan fingerprint density at radius 2 is 1.80 bits per heavy atom. The van der Waals surface area contributed by atoms with E-state index in [4.69, 9.17) is 0 Å². The van der Waals surface area contributed by atoms with E-state index in [2.05, 4.69) is 4.74 Å². The van der Waals surface area contributed by atoms with Gasteiger partial charge in [-0.2, -0.15) is 8.78 Å². The SMILES string of the molecule is CCOC(=O)C(CC(F)(F)C(=O)N(CC)CC)[N+](=O)[O-]. The van der Waals surface area contributed by atoms with Crippen molar-refractivity contribution in [1.29, 1.82) is 0 Å². The van der Waals surface area contributed by atoms with Gasteiger partial charge in [0.15, 0.2) is 0 Å². The Hall–Kier alpha value is -1.80. The number of alkyl halides is 2. The molecule has 0 aromatic rings. The van der Waals surface area contributed by atoms with Gasteiger partial charge in [-0.25, -0.2) is 4.79 Å². The number of hydrogen-bond donors (Lipinski definition) is 0. The molecule has 20 heavy (non-hydrogen) atoms. The van der Waals surface area contributed by atoms with Gasteiger partial charge in [-0.05, 0) is 20.8 Å². The first-order valence-electron chi connectivity index (χ1n) is 6.18. The molecule has 7 nitrogen and oxygen atoms in total.